The van der Waals surface area contributed by atoms with E-state index in [1.165, 1.54) is 24.9 Å². The molecule has 2 aromatic rings. The van der Waals surface area contributed by atoms with E-state index in [4.69, 9.17) is 4.52 Å². The molecule has 0 aromatic carbocycles. The lowest BCUT2D eigenvalue weighted by molar-refractivity contribution is 0.217. The maximum absolute atomic E-state index is 5.29. The third-order valence-corrected chi connectivity index (χ3v) is 4.73. The predicted molar refractivity (Wildman–Crippen MR) is 91.6 cm³/mol. The molecule has 0 saturated carbocycles. The Hall–Kier alpha value is -1.73. The number of aryl methyl sites for hydroxylation is 1. The lowest BCUT2D eigenvalue weighted by Crippen LogP contribution is -2.34. The van der Waals surface area contributed by atoms with E-state index in [-0.39, 0.29) is 5.92 Å². The van der Waals surface area contributed by atoms with Gasteiger partial charge in [-0.05, 0) is 45.0 Å². The Morgan fingerprint density at radius 2 is 2.33 bits per heavy atom. The normalized spacial score (nSPS) is 19.0. The largest absolute Gasteiger partial charge is 0.339 e. The Kier molecular flexibility index (Phi) is 5.63. The molecule has 3 rings (SSSR count). The van der Waals surface area contributed by atoms with Crippen LogP contribution in [0.4, 0.5) is 0 Å². The molecule has 0 radical (unpaired) electrons. The topological polar surface area (TPSA) is 74.1 Å². The van der Waals surface area contributed by atoms with Crippen LogP contribution in [0.15, 0.2) is 16.9 Å². The summed E-state index contributed by atoms with van der Waals surface area (Å²) in [6.07, 6.45) is 7.37. The second kappa shape index (κ2) is 7.90. The van der Waals surface area contributed by atoms with Crippen LogP contribution in [-0.4, -0.2) is 62.9 Å². The van der Waals surface area contributed by atoms with Crippen molar-refractivity contribution in [1.82, 2.24) is 30.1 Å². The molecule has 3 heterocycles. The Labute approximate surface area is 143 Å². The highest BCUT2D eigenvalue weighted by Gasteiger charge is 2.26. The van der Waals surface area contributed by atoms with Crippen LogP contribution in [0.3, 0.4) is 0 Å². The first-order valence-corrected chi connectivity index (χ1v) is 8.84. The van der Waals surface area contributed by atoms with Gasteiger partial charge >= 0.3 is 0 Å². The van der Waals surface area contributed by atoms with Gasteiger partial charge in [-0.15, -0.1) is 0 Å². The summed E-state index contributed by atoms with van der Waals surface area (Å²) >= 11 is 0. The van der Waals surface area contributed by atoms with Gasteiger partial charge in [-0.3, -0.25) is 10.00 Å². The van der Waals surface area contributed by atoms with Crippen LogP contribution in [0.5, 0.6) is 0 Å². The molecule has 0 bridgehead atoms. The fraction of sp³-hybridized carbons (Fsp3) is 0.706. The maximum Gasteiger partial charge on any atom is 0.229 e. The van der Waals surface area contributed by atoms with Gasteiger partial charge in [-0.25, -0.2) is 0 Å². The first-order valence-electron chi connectivity index (χ1n) is 8.84. The van der Waals surface area contributed by atoms with Gasteiger partial charge in [0.15, 0.2) is 5.82 Å². The number of likely N-dealkylation sites (N-methyl/N-ethyl adjacent to an activating group) is 1. The van der Waals surface area contributed by atoms with Crippen molar-refractivity contribution in [2.45, 2.75) is 51.6 Å². The van der Waals surface area contributed by atoms with E-state index < -0.39 is 0 Å². The van der Waals surface area contributed by atoms with Crippen LogP contribution in [0.2, 0.25) is 0 Å². The fourth-order valence-electron chi connectivity index (χ4n) is 3.21. The first kappa shape index (κ1) is 17.1. The molecule has 132 valence electrons. The molecule has 1 atom stereocenters. The average molecular weight is 332 g/mol. The van der Waals surface area contributed by atoms with Crippen molar-refractivity contribution in [1.29, 1.82) is 0 Å². The zero-order valence-corrected chi connectivity index (χ0v) is 14.9. The number of rotatable bonds is 8. The number of aromatic amines is 1. The van der Waals surface area contributed by atoms with Gasteiger partial charge in [0.05, 0.1) is 12.7 Å². The number of nitrogens with zero attached hydrogens (tertiary/aromatic N) is 5. The molecular formula is C17H28N6O. The van der Waals surface area contributed by atoms with Gasteiger partial charge in [-0.1, -0.05) is 19.0 Å². The molecule has 7 heteroatoms. The highest BCUT2D eigenvalue weighted by molar-refractivity contribution is 5.02. The SMILES string of the molecule is CC(C)c1nc(CN(C)[C@H]2CCN(CCCc3cn[nH]c3)C2)no1. The van der Waals surface area contributed by atoms with E-state index in [2.05, 4.69) is 51.0 Å². The minimum atomic E-state index is 0.286. The van der Waals surface area contributed by atoms with Crippen molar-refractivity contribution in [3.05, 3.63) is 29.7 Å². The monoisotopic (exact) mass is 332 g/mol. The van der Waals surface area contributed by atoms with Crippen molar-refractivity contribution in [2.24, 2.45) is 0 Å². The Balaban J connectivity index is 1.40. The summed E-state index contributed by atoms with van der Waals surface area (Å²) in [5.41, 5.74) is 1.29. The Morgan fingerprint density at radius 3 is 3.04 bits per heavy atom. The smallest absolute Gasteiger partial charge is 0.229 e. The summed E-state index contributed by atoms with van der Waals surface area (Å²) in [5.74, 6) is 1.80. The Morgan fingerprint density at radius 1 is 1.46 bits per heavy atom. The lowest BCUT2D eigenvalue weighted by atomic mass is 10.2. The number of nitrogens with one attached hydrogen (secondary N) is 1. The predicted octanol–water partition coefficient (Wildman–Crippen LogP) is 2.05. The van der Waals surface area contributed by atoms with E-state index in [0.29, 0.717) is 6.04 Å². The van der Waals surface area contributed by atoms with Gasteiger partial charge in [0.2, 0.25) is 5.89 Å². The molecule has 0 amide bonds. The van der Waals surface area contributed by atoms with Gasteiger partial charge < -0.3 is 9.42 Å². The van der Waals surface area contributed by atoms with Crippen LogP contribution < -0.4 is 0 Å². The van der Waals surface area contributed by atoms with Crippen molar-refractivity contribution in [2.75, 3.05) is 26.7 Å². The average Bonchev–Trinajstić information content (AvgIpc) is 3.28. The van der Waals surface area contributed by atoms with Crippen LogP contribution >= 0.6 is 0 Å². The lowest BCUT2D eigenvalue weighted by Gasteiger charge is -2.23. The molecule has 7 nitrogen and oxygen atoms in total. The summed E-state index contributed by atoms with van der Waals surface area (Å²) in [7, 11) is 2.16. The molecular weight excluding hydrogens is 304 g/mol. The summed E-state index contributed by atoms with van der Waals surface area (Å²) in [6.45, 7) is 8.33. The number of aromatic nitrogens is 4. The summed E-state index contributed by atoms with van der Waals surface area (Å²) in [4.78, 5) is 9.38. The first-order chi connectivity index (χ1) is 11.6. The molecule has 2 aromatic heterocycles. The third kappa shape index (κ3) is 4.42. The fourth-order valence-corrected chi connectivity index (χ4v) is 3.21. The second-order valence-corrected chi connectivity index (χ2v) is 7.07. The number of hydrogen-bond donors (Lipinski definition) is 1. The zero-order chi connectivity index (χ0) is 16.9. The highest BCUT2D eigenvalue weighted by Crippen LogP contribution is 2.18. The number of H-pyrrole nitrogens is 1. The van der Waals surface area contributed by atoms with Crippen LogP contribution in [0, 0.1) is 0 Å². The molecule has 0 spiro atoms. The van der Waals surface area contributed by atoms with Crippen LogP contribution in [-0.2, 0) is 13.0 Å². The van der Waals surface area contributed by atoms with Crippen molar-refractivity contribution in [3.63, 3.8) is 0 Å². The third-order valence-electron chi connectivity index (χ3n) is 4.73. The second-order valence-electron chi connectivity index (χ2n) is 7.07. The van der Waals surface area contributed by atoms with Gasteiger partial charge in [0, 0.05) is 24.7 Å². The maximum atomic E-state index is 5.29. The van der Waals surface area contributed by atoms with Crippen molar-refractivity contribution in [3.8, 4) is 0 Å². The van der Waals surface area contributed by atoms with Gasteiger partial charge in [0.1, 0.15) is 0 Å². The van der Waals surface area contributed by atoms with E-state index in [0.717, 1.165) is 37.8 Å². The summed E-state index contributed by atoms with van der Waals surface area (Å²) < 4.78 is 5.29. The van der Waals surface area contributed by atoms with Gasteiger partial charge in [-0.2, -0.15) is 10.1 Å². The van der Waals surface area contributed by atoms with Crippen LogP contribution in [0.25, 0.3) is 0 Å². The molecule has 1 aliphatic heterocycles. The summed E-state index contributed by atoms with van der Waals surface area (Å²) in [5, 5.41) is 11.0. The Bertz CT molecular complexity index is 608. The highest BCUT2D eigenvalue weighted by atomic mass is 16.5. The molecule has 1 aliphatic rings. The van der Waals surface area contributed by atoms with Gasteiger partial charge in [0.25, 0.3) is 0 Å². The van der Waals surface area contributed by atoms with Crippen molar-refractivity contribution < 1.29 is 4.52 Å². The number of hydrogen-bond acceptors (Lipinski definition) is 6. The molecule has 1 saturated heterocycles. The zero-order valence-electron chi connectivity index (χ0n) is 14.9. The molecule has 0 unspecified atom stereocenters. The summed E-state index contributed by atoms with van der Waals surface area (Å²) in [6, 6.07) is 0.569. The standard InChI is InChI=1S/C17H28N6O/c1-13(2)17-20-16(21-24-17)12-22(3)15-6-8-23(11-15)7-4-5-14-9-18-19-10-14/h9-10,13,15H,4-8,11-12H2,1-3H3,(H,18,19)/t15-/m0/s1. The molecule has 1 fully saturated rings. The van der Waals surface area contributed by atoms with E-state index in [1.54, 1.807) is 0 Å². The molecule has 24 heavy (non-hydrogen) atoms. The minimum absolute atomic E-state index is 0.286. The van der Waals surface area contributed by atoms with Crippen LogP contribution in [0.1, 0.15) is 49.9 Å². The number of likely N-dealkylation sites (tertiary alicyclic amines) is 1. The van der Waals surface area contributed by atoms with E-state index in [1.807, 2.05) is 12.4 Å². The molecule has 1 N–H and O–H groups in total. The molecule has 0 aliphatic carbocycles. The van der Waals surface area contributed by atoms with Crippen molar-refractivity contribution >= 4 is 0 Å². The quantitative estimate of drug-likeness (QED) is 0.797. The van der Waals surface area contributed by atoms with E-state index >= 15 is 0 Å². The van der Waals surface area contributed by atoms with E-state index in [9.17, 15) is 0 Å². The minimum Gasteiger partial charge on any atom is -0.339 e.